The maximum atomic E-state index is 13.6. The van der Waals surface area contributed by atoms with E-state index in [1.54, 1.807) is 25.9 Å². The first-order valence-corrected chi connectivity index (χ1v) is 10.7. The smallest absolute Gasteiger partial charge is 0.250 e. The van der Waals surface area contributed by atoms with Gasteiger partial charge in [0.15, 0.2) is 0 Å². The van der Waals surface area contributed by atoms with Gasteiger partial charge in [0.25, 0.3) is 0 Å². The van der Waals surface area contributed by atoms with Gasteiger partial charge in [-0.25, -0.2) is 0 Å². The molecule has 1 atom stereocenters. The lowest BCUT2D eigenvalue weighted by Gasteiger charge is -2.45. The first kappa shape index (κ1) is 21.2. The van der Waals surface area contributed by atoms with Crippen molar-refractivity contribution < 1.29 is 14.3 Å². The van der Waals surface area contributed by atoms with E-state index in [1.807, 2.05) is 43.3 Å². The van der Waals surface area contributed by atoms with Gasteiger partial charge in [-0.05, 0) is 57.2 Å². The summed E-state index contributed by atoms with van der Waals surface area (Å²) in [7, 11) is 1.66. The Balaban J connectivity index is 1.48. The molecule has 0 radical (unpaired) electrons. The van der Waals surface area contributed by atoms with Crippen molar-refractivity contribution in [2.24, 2.45) is 0 Å². The van der Waals surface area contributed by atoms with Gasteiger partial charge in [0.1, 0.15) is 11.3 Å². The fourth-order valence-corrected chi connectivity index (χ4v) is 4.35. The fourth-order valence-electron chi connectivity index (χ4n) is 4.35. The molecule has 0 spiro atoms. The largest absolute Gasteiger partial charge is 0.497 e. The van der Waals surface area contributed by atoms with Crippen molar-refractivity contribution in [2.45, 2.75) is 32.4 Å². The molecular formula is C24H30N4O3. The second-order valence-electron chi connectivity index (χ2n) is 8.60. The number of hydrogen-bond acceptors (Lipinski definition) is 5. The third kappa shape index (κ3) is 3.85. The molecule has 0 bridgehead atoms. The van der Waals surface area contributed by atoms with Crippen LogP contribution in [0.3, 0.4) is 0 Å². The van der Waals surface area contributed by atoms with E-state index in [0.29, 0.717) is 5.69 Å². The number of amides is 2. The van der Waals surface area contributed by atoms with Crippen LogP contribution in [0.5, 0.6) is 5.75 Å². The van der Waals surface area contributed by atoms with E-state index < -0.39 is 5.54 Å². The molecule has 0 saturated carbocycles. The fraction of sp³-hybridized carbons (Fsp3) is 0.417. The van der Waals surface area contributed by atoms with Crippen LogP contribution >= 0.6 is 0 Å². The second-order valence-corrected chi connectivity index (χ2v) is 8.60. The zero-order chi connectivity index (χ0) is 22.2. The van der Waals surface area contributed by atoms with Gasteiger partial charge < -0.3 is 15.0 Å². The standard InChI is InChI=1S/C24H30N4O3/c1-17(26-13-15-27(16-14-26)18-9-11-19(31-4)12-10-18)22(29)28-21-8-6-5-7-20(21)25-23(30)24(28,2)3/h5-12,17H,13-16H2,1-4H3,(H,25,30)/t17-/m0/s1. The highest BCUT2D eigenvalue weighted by molar-refractivity contribution is 6.15. The molecule has 2 aliphatic heterocycles. The van der Waals surface area contributed by atoms with Crippen molar-refractivity contribution in [2.75, 3.05) is 48.4 Å². The molecule has 31 heavy (non-hydrogen) atoms. The minimum Gasteiger partial charge on any atom is -0.497 e. The van der Waals surface area contributed by atoms with Crippen LogP contribution in [0.25, 0.3) is 0 Å². The summed E-state index contributed by atoms with van der Waals surface area (Å²) in [5, 5.41) is 2.92. The molecular weight excluding hydrogens is 392 g/mol. The third-order valence-corrected chi connectivity index (χ3v) is 6.39. The van der Waals surface area contributed by atoms with Gasteiger partial charge >= 0.3 is 0 Å². The number of anilines is 3. The molecule has 0 aliphatic carbocycles. The molecule has 7 heteroatoms. The molecule has 1 saturated heterocycles. The summed E-state index contributed by atoms with van der Waals surface area (Å²) in [5.74, 6) is 0.622. The van der Waals surface area contributed by atoms with E-state index in [-0.39, 0.29) is 17.9 Å². The predicted molar refractivity (Wildman–Crippen MR) is 123 cm³/mol. The number of carbonyl (C=O) groups excluding carboxylic acids is 2. The van der Waals surface area contributed by atoms with E-state index in [0.717, 1.165) is 43.3 Å². The van der Waals surface area contributed by atoms with Crippen LogP contribution in [0.2, 0.25) is 0 Å². The number of nitrogens with one attached hydrogen (secondary N) is 1. The minimum atomic E-state index is -0.954. The number of carbonyl (C=O) groups is 2. The van der Waals surface area contributed by atoms with Crippen LogP contribution in [0.1, 0.15) is 20.8 Å². The summed E-state index contributed by atoms with van der Waals surface area (Å²) in [4.78, 5) is 32.5. The summed E-state index contributed by atoms with van der Waals surface area (Å²) >= 11 is 0. The van der Waals surface area contributed by atoms with Crippen molar-refractivity contribution in [1.82, 2.24) is 4.90 Å². The number of rotatable bonds is 4. The Hall–Kier alpha value is -3.06. The molecule has 0 unspecified atom stereocenters. The van der Waals surface area contributed by atoms with Gasteiger partial charge in [-0.15, -0.1) is 0 Å². The Kier molecular flexibility index (Phi) is 5.62. The Morgan fingerprint density at radius 1 is 1.03 bits per heavy atom. The van der Waals surface area contributed by atoms with Gasteiger partial charge in [-0.3, -0.25) is 19.4 Å². The van der Waals surface area contributed by atoms with Crippen molar-refractivity contribution in [3.8, 4) is 5.75 Å². The van der Waals surface area contributed by atoms with Gasteiger partial charge in [-0.2, -0.15) is 0 Å². The van der Waals surface area contributed by atoms with Crippen LogP contribution in [0.15, 0.2) is 48.5 Å². The topological polar surface area (TPSA) is 65.1 Å². The quantitative estimate of drug-likeness (QED) is 0.821. The monoisotopic (exact) mass is 422 g/mol. The van der Waals surface area contributed by atoms with Crippen molar-refractivity contribution in [3.05, 3.63) is 48.5 Å². The summed E-state index contributed by atoms with van der Waals surface area (Å²) in [6.07, 6.45) is 0. The van der Waals surface area contributed by atoms with Crippen LogP contribution in [0.4, 0.5) is 17.1 Å². The van der Waals surface area contributed by atoms with Crippen LogP contribution < -0.4 is 19.9 Å². The van der Waals surface area contributed by atoms with Crippen molar-refractivity contribution >= 4 is 28.9 Å². The van der Waals surface area contributed by atoms with Crippen LogP contribution in [-0.2, 0) is 9.59 Å². The van der Waals surface area contributed by atoms with E-state index in [2.05, 4.69) is 27.2 Å². The molecule has 0 aromatic heterocycles. The first-order valence-electron chi connectivity index (χ1n) is 10.7. The molecule has 1 fully saturated rings. The number of nitrogens with zero attached hydrogens (tertiary/aromatic N) is 3. The maximum Gasteiger partial charge on any atom is 0.250 e. The summed E-state index contributed by atoms with van der Waals surface area (Å²) in [6, 6.07) is 15.2. The van der Waals surface area contributed by atoms with E-state index in [4.69, 9.17) is 4.74 Å². The Morgan fingerprint density at radius 3 is 2.32 bits per heavy atom. The zero-order valence-corrected chi connectivity index (χ0v) is 18.6. The Bertz CT molecular complexity index is 965. The lowest BCUT2D eigenvalue weighted by Crippen LogP contribution is -2.63. The SMILES string of the molecule is COc1ccc(N2CCN([C@@H](C)C(=O)N3c4ccccc4NC(=O)C3(C)C)CC2)cc1. The molecule has 4 rings (SSSR count). The molecule has 2 amide bonds. The molecule has 2 heterocycles. The molecule has 1 N–H and O–H groups in total. The van der Waals surface area contributed by atoms with Crippen molar-refractivity contribution in [1.29, 1.82) is 0 Å². The third-order valence-electron chi connectivity index (χ3n) is 6.39. The number of piperazine rings is 1. The second kappa shape index (κ2) is 8.23. The number of benzene rings is 2. The first-order chi connectivity index (χ1) is 14.8. The van der Waals surface area contributed by atoms with E-state index in [9.17, 15) is 9.59 Å². The molecule has 7 nitrogen and oxygen atoms in total. The Morgan fingerprint density at radius 2 is 1.68 bits per heavy atom. The molecule has 164 valence electrons. The van der Waals surface area contributed by atoms with E-state index >= 15 is 0 Å². The van der Waals surface area contributed by atoms with Gasteiger partial charge in [0, 0.05) is 31.9 Å². The number of fused-ring (bicyclic) bond motifs is 1. The maximum absolute atomic E-state index is 13.6. The minimum absolute atomic E-state index is 0.0507. The number of ether oxygens (including phenoxy) is 1. The number of methoxy groups -OCH3 is 1. The summed E-state index contributed by atoms with van der Waals surface area (Å²) in [5.41, 5.74) is 1.63. The highest BCUT2D eigenvalue weighted by atomic mass is 16.5. The molecule has 2 aromatic carbocycles. The molecule has 2 aromatic rings. The van der Waals surface area contributed by atoms with Gasteiger partial charge in [0.2, 0.25) is 11.8 Å². The normalized spacial score (nSPS) is 19.4. The van der Waals surface area contributed by atoms with Gasteiger partial charge in [0.05, 0.1) is 24.5 Å². The highest BCUT2D eigenvalue weighted by Crippen LogP contribution is 2.37. The van der Waals surface area contributed by atoms with Crippen LogP contribution in [0, 0.1) is 0 Å². The number of para-hydroxylation sites is 2. The lowest BCUT2D eigenvalue weighted by molar-refractivity contribution is -0.129. The average molecular weight is 423 g/mol. The molecule has 2 aliphatic rings. The predicted octanol–water partition coefficient (Wildman–Crippen LogP) is 2.97. The zero-order valence-electron chi connectivity index (χ0n) is 18.6. The lowest BCUT2D eigenvalue weighted by atomic mass is 9.95. The average Bonchev–Trinajstić information content (AvgIpc) is 2.79. The van der Waals surface area contributed by atoms with Gasteiger partial charge in [-0.1, -0.05) is 12.1 Å². The number of hydrogen-bond donors (Lipinski definition) is 1. The summed E-state index contributed by atoms with van der Waals surface area (Å²) in [6.45, 7) is 8.77. The highest BCUT2D eigenvalue weighted by Gasteiger charge is 2.45. The van der Waals surface area contributed by atoms with Crippen LogP contribution in [-0.4, -0.2) is 61.6 Å². The Labute approximate surface area is 183 Å². The van der Waals surface area contributed by atoms with E-state index in [1.165, 1.54) is 0 Å². The summed E-state index contributed by atoms with van der Waals surface area (Å²) < 4.78 is 5.24. The van der Waals surface area contributed by atoms with Crippen molar-refractivity contribution in [3.63, 3.8) is 0 Å².